The van der Waals surface area contributed by atoms with Gasteiger partial charge in [-0.3, -0.25) is 0 Å². The summed E-state index contributed by atoms with van der Waals surface area (Å²) >= 11 is 11.9. The lowest BCUT2D eigenvalue weighted by Gasteiger charge is -2.00. The maximum Gasteiger partial charge on any atom is 0.347 e. The molecule has 2 heterocycles. The minimum absolute atomic E-state index is 0.349. The zero-order chi connectivity index (χ0) is 15.3. The molecule has 0 spiro atoms. The van der Waals surface area contributed by atoms with Crippen LogP contribution >= 0.6 is 23.2 Å². The first kappa shape index (κ1) is 13.4. The largest absolute Gasteiger partial charge is 0.456 e. The van der Waals surface area contributed by atoms with Crippen LogP contribution in [0.3, 0.4) is 0 Å². The molecule has 2 aromatic carbocycles. The van der Waals surface area contributed by atoms with Gasteiger partial charge in [-0.15, -0.1) is 0 Å². The van der Waals surface area contributed by atoms with Crippen LogP contribution in [0.1, 0.15) is 0 Å². The van der Waals surface area contributed by atoms with E-state index in [0.29, 0.717) is 32.5 Å². The van der Waals surface area contributed by atoms with Crippen molar-refractivity contribution in [3.8, 4) is 11.3 Å². The highest BCUT2D eigenvalue weighted by Gasteiger charge is 2.13. The number of fused-ring (bicyclic) bond motifs is 2. The smallest absolute Gasteiger partial charge is 0.347 e. The maximum atomic E-state index is 12.2. The molecule has 2 aromatic heterocycles. The monoisotopic (exact) mass is 330 g/mol. The summed E-state index contributed by atoms with van der Waals surface area (Å²) in [7, 11) is 0. The standard InChI is InChI=1S/C17H8Cl2O3/c18-11-2-4-15-9(5-11)7-13(17(20)22-15)16-8-10-6-12(19)1-3-14(10)21-16/h1-8H. The Bertz CT molecular complexity index is 1080. The van der Waals surface area contributed by atoms with Gasteiger partial charge in [-0.05, 0) is 48.5 Å². The minimum Gasteiger partial charge on any atom is -0.456 e. The van der Waals surface area contributed by atoms with Crippen molar-refractivity contribution < 1.29 is 8.83 Å². The predicted octanol–water partition coefficient (Wildman–Crippen LogP) is 5.51. The Balaban J connectivity index is 1.98. The van der Waals surface area contributed by atoms with Gasteiger partial charge in [0.05, 0.1) is 0 Å². The van der Waals surface area contributed by atoms with E-state index in [2.05, 4.69) is 0 Å². The Morgan fingerprint density at radius 1 is 0.727 bits per heavy atom. The van der Waals surface area contributed by atoms with Gasteiger partial charge in [0, 0.05) is 20.8 Å². The Kier molecular flexibility index (Phi) is 2.99. The summed E-state index contributed by atoms with van der Waals surface area (Å²) in [4.78, 5) is 12.2. The third-order valence-corrected chi connectivity index (χ3v) is 3.91. The molecule has 0 fully saturated rings. The van der Waals surface area contributed by atoms with Crippen molar-refractivity contribution >= 4 is 45.1 Å². The van der Waals surface area contributed by atoms with E-state index in [9.17, 15) is 4.79 Å². The first-order chi connectivity index (χ1) is 10.6. The number of hydrogen-bond acceptors (Lipinski definition) is 3. The van der Waals surface area contributed by atoms with Crippen molar-refractivity contribution in [1.29, 1.82) is 0 Å². The van der Waals surface area contributed by atoms with Gasteiger partial charge in [0.15, 0.2) is 0 Å². The molecule has 0 aliphatic carbocycles. The second-order valence-corrected chi connectivity index (χ2v) is 5.80. The normalized spacial score (nSPS) is 11.4. The summed E-state index contributed by atoms with van der Waals surface area (Å²) < 4.78 is 11.0. The van der Waals surface area contributed by atoms with Crippen LogP contribution < -0.4 is 5.63 Å². The van der Waals surface area contributed by atoms with E-state index >= 15 is 0 Å². The fraction of sp³-hybridized carbons (Fsp3) is 0. The number of hydrogen-bond donors (Lipinski definition) is 0. The molecule has 0 bridgehead atoms. The van der Waals surface area contributed by atoms with Crippen molar-refractivity contribution in [3.63, 3.8) is 0 Å². The Hall–Kier alpha value is -2.23. The zero-order valence-electron chi connectivity index (χ0n) is 11.1. The van der Waals surface area contributed by atoms with E-state index in [-0.39, 0.29) is 0 Å². The van der Waals surface area contributed by atoms with Gasteiger partial charge in [0.25, 0.3) is 0 Å². The molecular weight excluding hydrogens is 323 g/mol. The van der Waals surface area contributed by atoms with Crippen molar-refractivity contribution in [2.45, 2.75) is 0 Å². The van der Waals surface area contributed by atoms with E-state index in [0.717, 1.165) is 10.8 Å². The third kappa shape index (κ3) is 2.19. The van der Waals surface area contributed by atoms with Gasteiger partial charge >= 0.3 is 5.63 Å². The Morgan fingerprint density at radius 2 is 1.32 bits per heavy atom. The highest BCUT2D eigenvalue weighted by molar-refractivity contribution is 6.31. The van der Waals surface area contributed by atoms with Gasteiger partial charge in [-0.2, -0.15) is 0 Å². The summed E-state index contributed by atoms with van der Waals surface area (Å²) in [5.74, 6) is 0.438. The number of benzene rings is 2. The lowest BCUT2D eigenvalue weighted by Crippen LogP contribution is -2.01. The van der Waals surface area contributed by atoms with E-state index < -0.39 is 5.63 Å². The fourth-order valence-electron chi connectivity index (χ4n) is 2.41. The molecule has 0 unspecified atom stereocenters. The molecular formula is C17H8Cl2O3. The van der Waals surface area contributed by atoms with Crippen molar-refractivity contribution in [2.24, 2.45) is 0 Å². The van der Waals surface area contributed by atoms with E-state index in [4.69, 9.17) is 32.0 Å². The highest BCUT2D eigenvalue weighted by Crippen LogP contribution is 2.30. The molecule has 0 aliphatic rings. The summed E-state index contributed by atoms with van der Waals surface area (Å²) in [5, 5.41) is 2.74. The summed E-state index contributed by atoms with van der Waals surface area (Å²) in [6, 6.07) is 13.8. The fourth-order valence-corrected chi connectivity index (χ4v) is 2.77. The van der Waals surface area contributed by atoms with Crippen LogP contribution in [0, 0.1) is 0 Å². The molecule has 0 radical (unpaired) electrons. The third-order valence-electron chi connectivity index (χ3n) is 3.44. The van der Waals surface area contributed by atoms with E-state index in [1.54, 1.807) is 48.5 Å². The average molecular weight is 331 g/mol. The minimum atomic E-state index is -0.458. The molecule has 0 N–H and O–H groups in total. The molecule has 5 heteroatoms. The highest BCUT2D eigenvalue weighted by atomic mass is 35.5. The van der Waals surface area contributed by atoms with Gasteiger partial charge < -0.3 is 8.83 Å². The average Bonchev–Trinajstić information content (AvgIpc) is 2.89. The lowest BCUT2D eigenvalue weighted by molar-refractivity contribution is 0.556. The first-order valence-corrected chi connectivity index (χ1v) is 7.29. The van der Waals surface area contributed by atoms with Crippen LogP contribution in [0.15, 0.2) is 62.2 Å². The lowest BCUT2D eigenvalue weighted by atomic mass is 10.1. The first-order valence-electron chi connectivity index (χ1n) is 6.53. The quantitative estimate of drug-likeness (QED) is 0.432. The zero-order valence-corrected chi connectivity index (χ0v) is 12.6. The Labute approximate surface area is 134 Å². The van der Waals surface area contributed by atoms with Crippen LogP contribution in [-0.2, 0) is 0 Å². The van der Waals surface area contributed by atoms with E-state index in [1.807, 2.05) is 0 Å². The van der Waals surface area contributed by atoms with Crippen LogP contribution in [-0.4, -0.2) is 0 Å². The molecule has 4 rings (SSSR count). The second kappa shape index (κ2) is 4.90. The topological polar surface area (TPSA) is 43.4 Å². The predicted molar refractivity (Wildman–Crippen MR) is 87.7 cm³/mol. The van der Waals surface area contributed by atoms with Gasteiger partial charge in [0.2, 0.25) is 0 Å². The van der Waals surface area contributed by atoms with Gasteiger partial charge in [0.1, 0.15) is 22.5 Å². The molecule has 0 aliphatic heterocycles. The SMILES string of the molecule is O=c1oc2ccc(Cl)cc2cc1-c1cc2cc(Cl)ccc2o1. The number of furan rings is 1. The molecule has 0 saturated heterocycles. The van der Waals surface area contributed by atoms with Crippen LogP contribution in [0.2, 0.25) is 10.0 Å². The number of halogens is 2. The molecule has 0 saturated carbocycles. The van der Waals surface area contributed by atoms with E-state index in [1.165, 1.54) is 0 Å². The maximum absolute atomic E-state index is 12.2. The summed E-state index contributed by atoms with van der Waals surface area (Å²) in [6.07, 6.45) is 0. The molecule has 22 heavy (non-hydrogen) atoms. The molecule has 0 amide bonds. The van der Waals surface area contributed by atoms with Crippen molar-refractivity contribution in [3.05, 3.63) is 69.0 Å². The Morgan fingerprint density at radius 3 is 2.00 bits per heavy atom. The van der Waals surface area contributed by atoms with Crippen LogP contribution in [0.25, 0.3) is 33.3 Å². The van der Waals surface area contributed by atoms with Gasteiger partial charge in [-0.1, -0.05) is 23.2 Å². The van der Waals surface area contributed by atoms with Crippen molar-refractivity contribution in [2.75, 3.05) is 0 Å². The summed E-state index contributed by atoms with van der Waals surface area (Å²) in [5.41, 5.74) is 1.03. The molecule has 4 aromatic rings. The number of rotatable bonds is 1. The van der Waals surface area contributed by atoms with Gasteiger partial charge in [-0.25, -0.2) is 4.79 Å². The van der Waals surface area contributed by atoms with Crippen LogP contribution in [0.4, 0.5) is 0 Å². The summed E-state index contributed by atoms with van der Waals surface area (Å²) in [6.45, 7) is 0. The molecule has 0 atom stereocenters. The molecule has 108 valence electrons. The van der Waals surface area contributed by atoms with Crippen molar-refractivity contribution in [1.82, 2.24) is 0 Å². The second-order valence-electron chi connectivity index (χ2n) is 4.92. The van der Waals surface area contributed by atoms with Crippen LogP contribution in [0.5, 0.6) is 0 Å². The molecule has 3 nitrogen and oxygen atoms in total.